The maximum absolute atomic E-state index is 12.1. The third kappa shape index (κ3) is 4.70. The highest BCUT2D eigenvalue weighted by molar-refractivity contribution is 5.81. The Hall–Kier alpha value is -1.62. The van der Waals surface area contributed by atoms with Crippen molar-refractivity contribution in [3.05, 3.63) is 23.9 Å². The second-order valence-corrected chi connectivity index (χ2v) is 5.49. The number of nitrogens with zero attached hydrogens (tertiary/aromatic N) is 1. The largest absolute Gasteiger partial charge is 0.478 e. The Kier molecular flexibility index (Phi) is 5.99. The van der Waals surface area contributed by atoms with Crippen LogP contribution >= 0.6 is 0 Å². The molecule has 5 heteroatoms. The van der Waals surface area contributed by atoms with Crippen LogP contribution in [0.4, 0.5) is 0 Å². The molecule has 21 heavy (non-hydrogen) atoms. The molecule has 1 aliphatic carbocycles. The molecule has 1 fully saturated rings. The van der Waals surface area contributed by atoms with Gasteiger partial charge in [0.15, 0.2) is 0 Å². The monoisotopic (exact) mass is 291 g/mol. The predicted octanol–water partition coefficient (Wildman–Crippen LogP) is 2.02. The van der Waals surface area contributed by atoms with Gasteiger partial charge in [-0.3, -0.25) is 4.79 Å². The molecule has 1 heterocycles. The van der Waals surface area contributed by atoms with E-state index in [2.05, 4.69) is 15.6 Å². The van der Waals surface area contributed by atoms with Gasteiger partial charge < -0.3 is 15.4 Å². The summed E-state index contributed by atoms with van der Waals surface area (Å²) < 4.78 is 5.49. The summed E-state index contributed by atoms with van der Waals surface area (Å²) in [5.74, 6) is 0.708. The lowest BCUT2D eigenvalue weighted by atomic mass is 10.2. The average Bonchev–Trinajstić information content (AvgIpc) is 2.99. The minimum absolute atomic E-state index is 0.0729. The maximum atomic E-state index is 12.1. The summed E-state index contributed by atoms with van der Waals surface area (Å²) in [6.45, 7) is 4.98. The zero-order valence-corrected chi connectivity index (χ0v) is 12.9. The minimum atomic E-state index is -0.222. The molecule has 1 amide bonds. The molecule has 5 nitrogen and oxygen atoms in total. The fourth-order valence-electron chi connectivity index (χ4n) is 2.58. The van der Waals surface area contributed by atoms with Crippen LogP contribution in [0.15, 0.2) is 18.3 Å². The van der Waals surface area contributed by atoms with E-state index in [0.29, 0.717) is 25.1 Å². The molecule has 0 bridgehead atoms. The van der Waals surface area contributed by atoms with E-state index in [1.165, 1.54) is 12.8 Å². The Morgan fingerprint density at radius 3 is 2.95 bits per heavy atom. The molecule has 0 radical (unpaired) electrons. The Morgan fingerprint density at radius 1 is 1.48 bits per heavy atom. The Bertz CT molecular complexity index is 459. The molecular weight excluding hydrogens is 266 g/mol. The number of carbonyl (C=O) groups excluding carboxylic acids is 1. The molecule has 0 aromatic carbocycles. The zero-order chi connectivity index (χ0) is 15.1. The molecule has 1 saturated carbocycles. The lowest BCUT2D eigenvalue weighted by molar-refractivity contribution is -0.123. The van der Waals surface area contributed by atoms with Crippen molar-refractivity contribution < 1.29 is 9.53 Å². The fourth-order valence-corrected chi connectivity index (χ4v) is 2.58. The lowest BCUT2D eigenvalue weighted by Crippen LogP contribution is -2.45. The summed E-state index contributed by atoms with van der Waals surface area (Å²) in [5, 5.41) is 6.35. The molecule has 0 saturated heterocycles. The van der Waals surface area contributed by atoms with Gasteiger partial charge in [0.2, 0.25) is 11.8 Å². The molecule has 116 valence electrons. The quantitative estimate of drug-likeness (QED) is 0.807. The van der Waals surface area contributed by atoms with Gasteiger partial charge in [-0.15, -0.1) is 0 Å². The second-order valence-electron chi connectivity index (χ2n) is 5.49. The highest BCUT2D eigenvalue weighted by atomic mass is 16.5. The number of pyridine rings is 1. The first-order chi connectivity index (χ1) is 10.2. The van der Waals surface area contributed by atoms with Crippen molar-refractivity contribution in [2.45, 2.75) is 58.2 Å². The maximum Gasteiger partial charge on any atom is 0.237 e. The highest BCUT2D eigenvalue weighted by Crippen LogP contribution is 2.18. The van der Waals surface area contributed by atoms with Crippen molar-refractivity contribution in [3.63, 3.8) is 0 Å². The van der Waals surface area contributed by atoms with Crippen molar-refractivity contribution >= 4 is 5.91 Å². The van der Waals surface area contributed by atoms with Crippen molar-refractivity contribution in [1.82, 2.24) is 15.6 Å². The third-order valence-electron chi connectivity index (χ3n) is 3.82. The highest BCUT2D eigenvalue weighted by Gasteiger charge is 2.20. The van der Waals surface area contributed by atoms with Gasteiger partial charge in [-0.1, -0.05) is 18.9 Å². The molecular formula is C16H25N3O2. The van der Waals surface area contributed by atoms with Crippen LogP contribution in [0, 0.1) is 0 Å². The molecule has 0 aliphatic heterocycles. The van der Waals surface area contributed by atoms with E-state index >= 15 is 0 Å². The number of rotatable bonds is 7. The van der Waals surface area contributed by atoms with E-state index in [1.54, 1.807) is 6.20 Å². The van der Waals surface area contributed by atoms with Gasteiger partial charge in [-0.2, -0.15) is 0 Å². The lowest BCUT2D eigenvalue weighted by Gasteiger charge is -2.18. The van der Waals surface area contributed by atoms with Crippen molar-refractivity contribution in [1.29, 1.82) is 0 Å². The van der Waals surface area contributed by atoms with E-state index in [4.69, 9.17) is 4.74 Å². The number of ether oxygens (including phenoxy) is 1. The van der Waals surface area contributed by atoms with Crippen LogP contribution in [0.5, 0.6) is 5.88 Å². The first-order valence-corrected chi connectivity index (χ1v) is 7.81. The third-order valence-corrected chi connectivity index (χ3v) is 3.82. The van der Waals surface area contributed by atoms with Gasteiger partial charge in [0.25, 0.3) is 0 Å². The summed E-state index contributed by atoms with van der Waals surface area (Å²) in [7, 11) is 0. The Morgan fingerprint density at radius 2 is 2.24 bits per heavy atom. The Labute approximate surface area is 126 Å². The van der Waals surface area contributed by atoms with E-state index in [-0.39, 0.29) is 11.9 Å². The van der Waals surface area contributed by atoms with Crippen LogP contribution in [-0.4, -0.2) is 29.6 Å². The summed E-state index contributed by atoms with van der Waals surface area (Å²) >= 11 is 0. The molecule has 1 atom stereocenters. The topological polar surface area (TPSA) is 63.2 Å². The molecule has 0 spiro atoms. The van der Waals surface area contributed by atoms with Crippen molar-refractivity contribution in [2.75, 3.05) is 6.61 Å². The number of aromatic nitrogens is 1. The summed E-state index contributed by atoms with van der Waals surface area (Å²) in [6, 6.07) is 3.98. The van der Waals surface area contributed by atoms with Gasteiger partial charge >= 0.3 is 0 Å². The van der Waals surface area contributed by atoms with Crippen LogP contribution in [-0.2, 0) is 11.3 Å². The van der Waals surface area contributed by atoms with E-state index < -0.39 is 0 Å². The second kappa shape index (κ2) is 7.98. The van der Waals surface area contributed by atoms with E-state index in [1.807, 2.05) is 26.0 Å². The first kappa shape index (κ1) is 15.8. The fraction of sp³-hybridized carbons (Fsp3) is 0.625. The molecule has 1 aromatic heterocycles. The summed E-state index contributed by atoms with van der Waals surface area (Å²) in [5.41, 5.74) is 0.972. The molecule has 1 aliphatic rings. The average molecular weight is 291 g/mol. The van der Waals surface area contributed by atoms with Gasteiger partial charge in [0.1, 0.15) is 0 Å². The van der Waals surface area contributed by atoms with E-state index in [9.17, 15) is 4.79 Å². The summed E-state index contributed by atoms with van der Waals surface area (Å²) in [4.78, 5) is 16.3. The number of nitrogens with one attached hydrogen (secondary N) is 2. The van der Waals surface area contributed by atoms with Crippen LogP contribution < -0.4 is 15.4 Å². The van der Waals surface area contributed by atoms with Gasteiger partial charge in [-0.25, -0.2) is 4.98 Å². The van der Waals surface area contributed by atoms with Crippen molar-refractivity contribution in [2.24, 2.45) is 0 Å². The van der Waals surface area contributed by atoms with Crippen LogP contribution in [0.1, 0.15) is 45.1 Å². The first-order valence-electron chi connectivity index (χ1n) is 7.81. The molecule has 1 aromatic rings. The minimum Gasteiger partial charge on any atom is -0.478 e. The normalized spacial score (nSPS) is 16.7. The summed E-state index contributed by atoms with van der Waals surface area (Å²) in [6.07, 6.45) is 6.37. The van der Waals surface area contributed by atoms with Crippen LogP contribution in [0.2, 0.25) is 0 Å². The number of amides is 1. The smallest absolute Gasteiger partial charge is 0.237 e. The van der Waals surface area contributed by atoms with Gasteiger partial charge in [0, 0.05) is 24.3 Å². The van der Waals surface area contributed by atoms with Crippen molar-refractivity contribution in [3.8, 4) is 5.88 Å². The van der Waals surface area contributed by atoms with Gasteiger partial charge in [0.05, 0.1) is 12.6 Å². The standard InChI is InChI=1S/C16H25N3O2/c1-3-21-16-13(7-6-10-17-16)11-18-12(2)15(20)19-14-8-4-5-9-14/h6-7,10,12,14,18H,3-5,8-9,11H2,1-2H3,(H,19,20)/t12-/m0/s1. The molecule has 2 rings (SSSR count). The molecule has 0 unspecified atom stereocenters. The number of hydrogen-bond acceptors (Lipinski definition) is 4. The van der Waals surface area contributed by atoms with Crippen LogP contribution in [0.25, 0.3) is 0 Å². The van der Waals surface area contributed by atoms with Gasteiger partial charge in [-0.05, 0) is 32.8 Å². The number of hydrogen-bond donors (Lipinski definition) is 2. The zero-order valence-electron chi connectivity index (χ0n) is 12.9. The van der Waals surface area contributed by atoms with E-state index in [0.717, 1.165) is 18.4 Å². The predicted molar refractivity (Wildman–Crippen MR) is 82.1 cm³/mol. The number of carbonyl (C=O) groups is 1. The SMILES string of the molecule is CCOc1ncccc1CN[C@@H](C)C(=O)NC1CCCC1. The Balaban J connectivity index is 1.82. The molecule has 2 N–H and O–H groups in total. The van der Waals surface area contributed by atoms with Crippen LogP contribution in [0.3, 0.4) is 0 Å².